The number of urea groups is 1. The smallest absolute Gasteiger partial charge is 0.307 e. The van der Waals surface area contributed by atoms with Gasteiger partial charge in [0.15, 0.2) is 0 Å². The highest BCUT2D eigenvalue weighted by Crippen LogP contribution is 2.35. The standard InChI is InChI=1S/C13H8Cl4N2OS/c14-7-1-3-9(4-2-7)18-13(20)19-21-12-10(16)5-8(15)6-11(12)17/h1-6H,(H2,18,19,20). The van der Waals surface area contributed by atoms with Crippen LogP contribution in [-0.4, -0.2) is 6.03 Å². The molecule has 0 saturated carbocycles. The van der Waals surface area contributed by atoms with Gasteiger partial charge < -0.3 is 5.32 Å². The summed E-state index contributed by atoms with van der Waals surface area (Å²) in [5, 5.41) is 4.40. The van der Waals surface area contributed by atoms with E-state index in [-0.39, 0.29) is 0 Å². The molecule has 2 amide bonds. The fourth-order valence-electron chi connectivity index (χ4n) is 1.41. The van der Waals surface area contributed by atoms with Crippen LogP contribution in [0.3, 0.4) is 0 Å². The second-order valence-corrected chi connectivity index (χ2v) is 6.37. The third-order valence-electron chi connectivity index (χ3n) is 2.31. The maximum atomic E-state index is 11.8. The van der Waals surface area contributed by atoms with E-state index in [0.717, 1.165) is 11.9 Å². The molecule has 0 fully saturated rings. The fraction of sp³-hybridized carbons (Fsp3) is 0. The van der Waals surface area contributed by atoms with Crippen LogP contribution in [0.4, 0.5) is 10.5 Å². The van der Waals surface area contributed by atoms with Crippen molar-refractivity contribution in [3.8, 4) is 0 Å². The minimum absolute atomic E-state index is 0.365. The first-order chi connectivity index (χ1) is 9.95. The van der Waals surface area contributed by atoms with E-state index in [1.165, 1.54) is 0 Å². The van der Waals surface area contributed by atoms with E-state index in [4.69, 9.17) is 46.4 Å². The van der Waals surface area contributed by atoms with Crippen LogP contribution >= 0.6 is 58.4 Å². The van der Waals surface area contributed by atoms with Gasteiger partial charge in [0.05, 0.1) is 14.9 Å². The molecule has 0 spiro atoms. The van der Waals surface area contributed by atoms with Gasteiger partial charge in [-0.1, -0.05) is 46.4 Å². The molecule has 0 aliphatic rings. The van der Waals surface area contributed by atoms with Gasteiger partial charge in [0.25, 0.3) is 0 Å². The summed E-state index contributed by atoms with van der Waals surface area (Å²) in [6.45, 7) is 0. The highest BCUT2D eigenvalue weighted by Gasteiger charge is 2.10. The van der Waals surface area contributed by atoms with Gasteiger partial charge in [-0.25, -0.2) is 4.79 Å². The Labute approximate surface area is 146 Å². The van der Waals surface area contributed by atoms with Crippen LogP contribution in [0.2, 0.25) is 20.1 Å². The normalized spacial score (nSPS) is 10.3. The van der Waals surface area contributed by atoms with Gasteiger partial charge in [-0.3, -0.25) is 4.72 Å². The zero-order valence-electron chi connectivity index (χ0n) is 10.3. The fourth-order valence-corrected chi connectivity index (χ4v) is 3.15. The first-order valence-corrected chi connectivity index (χ1v) is 7.92. The number of halogens is 4. The zero-order chi connectivity index (χ0) is 15.4. The van der Waals surface area contributed by atoms with Crippen LogP contribution in [0.5, 0.6) is 0 Å². The van der Waals surface area contributed by atoms with Crippen molar-refractivity contribution in [1.82, 2.24) is 4.72 Å². The topological polar surface area (TPSA) is 41.1 Å². The largest absolute Gasteiger partial charge is 0.329 e. The van der Waals surface area contributed by atoms with E-state index in [1.807, 2.05) is 0 Å². The van der Waals surface area contributed by atoms with Gasteiger partial charge in [0, 0.05) is 15.7 Å². The Kier molecular flexibility index (Phi) is 5.90. The second-order valence-electron chi connectivity index (χ2n) is 3.86. The molecule has 8 heteroatoms. The third kappa shape index (κ3) is 4.87. The van der Waals surface area contributed by atoms with Crippen LogP contribution in [0.1, 0.15) is 0 Å². The lowest BCUT2D eigenvalue weighted by atomic mass is 10.3. The average Bonchev–Trinajstić information content (AvgIpc) is 2.40. The summed E-state index contributed by atoms with van der Waals surface area (Å²) in [5.41, 5.74) is 0.616. The number of hydrogen-bond donors (Lipinski definition) is 2. The molecule has 110 valence electrons. The SMILES string of the molecule is O=C(NSc1c(Cl)cc(Cl)cc1Cl)Nc1ccc(Cl)cc1. The quantitative estimate of drug-likeness (QED) is 0.628. The predicted molar refractivity (Wildman–Crippen MR) is 90.9 cm³/mol. The Morgan fingerprint density at radius 3 is 2.05 bits per heavy atom. The van der Waals surface area contributed by atoms with Crippen molar-refractivity contribution in [1.29, 1.82) is 0 Å². The van der Waals surface area contributed by atoms with E-state index in [0.29, 0.717) is 30.7 Å². The highest BCUT2D eigenvalue weighted by atomic mass is 35.5. The van der Waals surface area contributed by atoms with Crippen molar-refractivity contribution in [2.45, 2.75) is 4.90 Å². The summed E-state index contributed by atoms with van der Waals surface area (Å²) in [6, 6.07) is 9.43. The monoisotopic (exact) mass is 380 g/mol. The lowest BCUT2D eigenvalue weighted by molar-refractivity contribution is 0.257. The Morgan fingerprint density at radius 1 is 0.905 bits per heavy atom. The predicted octanol–water partition coefficient (Wildman–Crippen LogP) is 6.13. The van der Waals surface area contributed by atoms with Gasteiger partial charge in [0.1, 0.15) is 0 Å². The van der Waals surface area contributed by atoms with Crippen molar-refractivity contribution in [3.63, 3.8) is 0 Å². The number of hydrogen-bond acceptors (Lipinski definition) is 2. The van der Waals surface area contributed by atoms with Gasteiger partial charge >= 0.3 is 6.03 Å². The number of carbonyl (C=O) groups is 1. The second kappa shape index (κ2) is 7.47. The molecule has 2 aromatic carbocycles. The van der Waals surface area contributed by atoms with Crippen LogP contribution in [0.15, 0.2) is 41.3 Å². The number of amides is 2. The average molecular weight is 382 g/mol. The molecule has 2 aromatic rings. The summed E-state index contributed by atoms with van der Waals surface area (Å²) in [4.78, 5) is 12.3. The molecule has 2 rings (SSSR count). The molecule has 0 heterocycles. The Hall–Kier alpha value is -0.780. The summed E-state index contributed by atoms with van der Waals surface area (Å²) in [6.07, 6.45) is 0. The van der Waals surface area contributed by atoms with Gasteiger partial charge in [-0.2, -0.15) is 0 Å². The van der Waals surface area contributed by atoms with Crippen LogP contribution < -0.4 is 10.0 Å². The molecule has 0 aliphatic heterocycles. The number of carbonyl (C=O) groups excluding carboxylic acids is 1. The van der Waals surface area contributed by atoms with Gasteiger partial charge in [-0.05, 0) is 48.3 Å². The first kappa shape index (κ1) is 16.6. The molecule has 0 atom stereocenters. The van der Waals surface area contributed by atoms with Gasteiger partial charge in [0.2, 0.25) is 0 Å². The molecule has 0 aromatic heterocycles. The zero-order valence-corrected chi connectivity index (χ0v) is 14.1. The lowest BCUT2D eigenvalue weighted by Gasteiger charge is -2.09. The van der Waals surface area contributed by atoms with Crippen molar-refractivity contribution in [2.75, 3.05) is 5.32 Å². The molecular weight excluding hydrogens is 374 g/mol. The molecule has 2 N–H and O–H groups in total. The molecule has 0 bridgehead atoms. The summed E-state index contributed by atoms with van der Waals surface area (Å²) < 4.78 is 2.58. The maximum absolute atomic E-state index is 11.8. The molecule has 0 radical (unpaired) electrons. The van der Waals surface area contributed by atoms with Crippen molar-refractivity contribution in [3.05, 3.63) is 56.5 Å². The van der Waals surface area contributed by atoms with Gasteiger partial charge in [-0.15, -0.1) is 0 Å². The van der Waals surface area contributed by atoms with Crippen molar-refractivity contribution < 1.29 is 4.79 Å². The molecule has 0 saturated heterocycles. The van der Waals surface area contributed by atoms with Crippen molar-refractivity contribution in [2.24, 2.45) is 0 Å². The minimum Gasteiger partial charge on any atom is -0.307 e. The van der Waals surface area contributed by atoms with E-state index in [1.54, 1.807) is 36.4 Å². The van der Waals surface area contributed by atoms with E-state index in [9.17, 15) is 4.79 Å². The molecular formula is C13H8Cl4N2OS. The maximum Gasteiger partial charge on any atom is 0.329 e. The third-order valence-corrected chi connectivity index (χ3v) is 4.53. The van der Waals surface area contributed by atoms with E-state index >= 15 is 0 Å². The van der Waals surface area contributed by atoms with Crippen LogP contribution in [0.25, 0.3) is 0 Å². The molecule has 3 nitrogen and oxygen atoms in total. The number of benzene rings is 2. The number of nitrogens with one attached hydrogen (secondary N) is 2. The number of anilines is 1. The number of rotatable bonds is 3. The van der Waals surface area contributed by atoms with E-state index in [2.05, 4.69) is 10.0 Å². The highest BCUT2D eigenvalue weighted by molar-refractivity contribution is 7.98. The molecule has 21 heavy (non-hydrogen) atoms. The summed E-state index contributed by atoms with van der Waals surface area (Å²) >= 11 is 24.6. The summed E-state index contributed by atoms with van der Waals surface area (Å²) in [5.74, 6) is 0. The van der Waals surface area contributed by atoms with Crippen LogP contribution in [-0.2, 0) is 0 Å². The lowest BCUT2D eigenvalue weighted by Crippen LogP contribution is -2.22. The minimum atomic E-state index is -0.413. The molecule has 0 unspecified atom stereocenters. The Bertz CT molecular complexity index is 641. The first-order valence-electron chi connectivity index (χ1n) is 5.59. The Morgan fingerprint density at radius 2 is 1.48 bits per heavy atom. The van der Waals surface area contributed by atoms with Crippen LogP contribution in [0, 0.1) is 0 Å². The van der Waals surface area contributed by atoms with E-state index < -0.39 is 6.03 Å². The molecule has 0 aliphatic carbocycles. The Balaban J connectivity index is 1.97. The summed E-state index contributed by atoms with van der Waals surface area (Å²) in [7, 11) is 0. The van der Waals surface area contributed by atoms with Crippen molar-refractivity contribution >= 4 is 70.1 Å².